The molecule has 2 aromatic rings. The maximum atomic E-state index is 13.6. The summed E-state index contributed by atoms with van der Waals surface area (Å²) in [5.41, 5.74) is 2.51. The summed E-state index contributed by atoms with van der Waals surface area (Å²) in [4.78, 5) is 8.12. The average molecular weight is 316 g/mol. The highest BCUT2D eigenvalue weighted by atomic mass is 19.1. The number of benzene rings is 1. The minimum absolute atomic E-state index is 0.261. The molecule has 0 amide bonds. The molecular formula is C17H21FN4O. The highest BCUT2D eigenvalue weighted by molar-refractivity contribution is 5.79. The van der Waals surface area contributed by atoms with Crippen LogP contribution in [0.5, 0.6) is 5.75 Å². The molecule has 0 atom stereocenters. The summed E-state index contributed by atoms with van der Waals surface area (Å²) in [5, 5.41) is 6.22. The molecular weight excluding hydrogens is 295 g/mol. The van der Waals surface area contributed by atoms with Crippen molar-refractivity contribution in [3.63, 3.8) is 0 Å². The smallest absolute Gasteiger partial charge is 0.191 e. The third kappa shape index (κ3) is 4.67. The number of ether oxygens (including phenoxy) is 1. The van der Waals surface area contributed by atoms with Gasteiger partial charge in [-0.25, -0.2) is 4.39 Å². The van der Waals surface area contributed by atoms with Gasteiger partial charge in [0.15, 0.2) is 5.96 Å². The number of nitrogens with one attached hydrogen (secondary N) is 2. The molecule has 0 aliphatic rings. The van der Waals surface area contributed by atoms with Crippen molar-refractivity contribution in [1.82, 2.24) is 15.6 Å². The van der Waals surface area contributed by atoms with E-state index in [-0.39, 0.29) is 12.4 Å². The van der Waals surface area contributed by atoms with Gasteiger partial charge in [-0.2, -0.15) is 0 Å². The second-order valence-electron chi connectivity index (χ2n) is 5.03. The van der Waals surface area contributed by atoms with E-state index in [0.29, 0.717) is 18.2 Å². The molecule has 6 heteroatoms. The van der Waals surface area contributed by atoms with Gasteiger partial charge in [0.1, 0.15) is 11.6 Å². The molecule has 0 saturated heterocycles. The fourth-order valence-electron chi connectivity index (χ4n) is 2.11. The van der Waals surface area contributed by atoms with E-state index in [0.717, 1.165) is 16.9 Å². The summed E-state index contributed by atoms with van der Waals surface area (Å²) in [6.07, 6.45) is 1.56. The van der Waals surface area contributed by atoms with Crippen molar-refractivity contribution in [2.75, 3.05) is 14.2 Å². The summed E-state index contributed by atoms with van der Waals surface area (Å²) in [5.74, 6) is 1.05. The Kier molecular flexibility index (Phi) is 5.91. The standard InChI is InChI=1S/C17H21FN4O/c1-12-6-7-13(16(9-12)23-3)10-21-17(19-2)22-11-15-14(18)5-4-8-20-15/h4-9H,10-11H2,1-3H3,(H2,19,21,22). The van der Waals surface area contributed by atoms with Crippen molar-refractivity contribution < 1.29 is 9.13 Å². The van der Waals surface area contributed by atoms with Gasteiger partial charge in [-0.3, -0.25) is 9.98 Å². The predicted molar refractivity (Wildman–Crippen MR) is 89.0 cm³/mol. The molecule has 0 spiro atoms. The molecule has 122 valence electrons. The molecule has 5 nitrogen and oxygen atoms in total. The maximum absolute atomic E-state index is 13.6. The topological polar surface area (TPSA) is 58.5 Å². The van der Waals surface area contributed by atoms with Gasteiger partial charge in [-0.15, -0.1) is 0 Å². The van der Waals surface area contributed by atoms with Crippen molar-refractivity contribution in [2.45, 2.75) is 20.0 Å². The summed E-state index contributed by atoms with van der Waals surface area (Å²) < 4.78 is 18.9. The van der Waals surface area contributed by atoms with Crippen molar-refractivity contribution >= 4 is 5.96 Å². The second kappa shape index (κ2) is 8.12. The van der Waals surface area contributed by atoms with Crippen LogP contribution in [0, 0.1) is 12.7 Å². The molecule has 0 bridgehead atoms. The number of guanidine groups is 1. The number of hydrogen-bond donors (Lipinski definition) is 2. The number of nitrogens with zero attached hydrogens (tertiary/aromatic N) is 2. The van der Waals surface area contributed by atoms with E-state index >= 15 is 0 Å². The van der Waals surface area contributed by atoms with Gasteiger partial charge in [-0.1, -0.05) is 12.1 Å². The largest absolute Gasteiger partial charge is 0.496 e. The highest BCUT2D eigenvalue weighted by Gasteiger charge is 2.06. The SMILES string of the molecule is CN=C(NCc1ccc(C)cc1OC)NCc1ncccc1F. The van der Waals surface area contributed by atoms with Crippen LogP contribution in [-0.2, 0) is 13.1 Å². The van der Waals surface area contributed by atoms with Gasteiger partial charge in [0.2, 0.25) is 0 Å². The lowest BCUT2D eigenvalue weighted by Crippen LogP contribution is -2.36. The molecule has 1 heterocycles. The lowest BCUT2D eigenvalue weighted by molar-refractivity contribution is 0.408. The molecule has 0 radical (unpaired) electrons. The molecule has 1 aromatic carbocycles. The van der Waals surface area contributed by atoms with Crippen molar-refractivity contribution in [3.05, 3.63) is 59.2 Å². The van der Waals surface area contributed by atoms with Gasteiger partial charge in [0.05, 0.1) is 19.3 Å². The lowest BCUT2D eigenvalue weighted by atomic mass is 10.1. The van der Waals surface area contributed by atoms with Crippen molar-refractivity contribution in [2.24, 2.45) is 4.99 Å². The van der Waals surface area contributed by atoms with Crippen LogP contribution >= 0.6 is 0 Å². The van der Waals surface area contributed by atoms with E-state index in [9.17, 15) is 4.39 Å². The van der Waals surface area contributed by atoms with Gasteiger partial charge in [0, 0.05) is 25.4 Å². The van der Waals surface area contributed by atoms with Gasteiger partial charge < -0.3 is 15.4 Å². The summed E-state index contributed by atoms with van der Waals surface area (Å²) in [7, 11) is 3.31. The first-order valence-electron chi connectivity index (χ1n) is 7.31. The number of halogens is 1. The molecule has 0 unspecified atom stereocenters. The molecule has 0 aliphatic carbocycles. The molecule has 0 fully saturated rings. The Balaban J connectivity index is 1.94. The molecule has 23 heavy (non-hydrogen) atoms. The van der Waals surface area contributed by atoms with Gasteiger partial charge >= 0.3 is 0 Å². The first kappa shape index (κ1) is 16.7. The van der Waals surface area contributed by atoms with E-state index in [1.165, 1.54) is 6.07 Å². The van der Waals surface area contributed by atoms with Crippen LogP contribution in [0.1, 0.15) is 16.8 Å². The second-order valence-corrected chi connectivity index (χ2v) is 5.03. The van der Waals surface area contributed by atoms with Crippen LogP contribution in [-0.4, -0.2) is 25.1 Å². The summed E-state index contributed by atoms with van der Waals surface area (Å²) >= 11 is 0. The average Bonchev–Trinajstić information content (AvgIpc) is 2.57. The Morgan fingerprint density at radius 2 is 2.04 bits per heavy atom. The third-order valence-electron chi connectivity index (χ3n) is 3.37. The van der Waals surface area contributed by atoms with Crippen LogP contribution in [0.4, 0.5) is 4.39 Å². The molecule has 0 saturated carbocycles. The van der Waals surface area contributed by atoms with E-state index in [1.54, 1.807) is 26.4 Å². The predicted octanol–water partition coefficient (Wildman–Crippen LogP) is 2.40. The third-order valence-corrected chi connectivity index (χ3v) is 3.37. The number of aryl methyl sites for hydroxylation is 1. The van der Waals surface area contributed by atoms with Crippen LogP contribution in [0.15, 0.2) is 41.5 Å². The van der Waals surface area contributed by atoms with E-state index in [1.807, 2.05) is 25.1 Å². The molecule has 2 N–H and O–H groups in total. The summed E-state index contributed by atoms with van der Waals surface area (Å²) in [6.45, 7) is 2.83. The van der Waals surface area contributed by atoms with Gasteiger partial charge in [-0.05, 0) is 30.7 Å². The van der Waals surface area contributed by atoms with E-state index in [2.05, 4.69) is 20.6 Å². The fourth-order valence-corrected chi connectivity index (χ4v) is 2.11. The molecule has 1 aromatic heterocycles. The minimum atomic E-state index is -0.337. The number of methoxy groups -OCH3 is 1. The molecule has 0 aliphatic heterocycles. The van der Waals surface area contributed by atoms with Crippen LogP contribution in [0.25, 0.3) is 0 Å². The number of aliphatic imine (C=N–C) groups is 1. The summed E-state index contributed by atoms with van der Waals surface area (Å²) in [6, 6.07) is 8.97. The number of rotatable bonds is 5. The zero-order chi connectivity index (χ0) is 16.7. The normalized spacial score (nSPS) is 11.2. The zero-order valence-electron chi connectivity index (χ0n) is 13.6. The van der Waals surface area contributed by atoms with Crippen LogP contribution in [0.3, 0.4) is 0 Å². The first-order chi connectivity index (χ1) is 11.1. The zero-order valence-corrected chi connectivity index (χ0v) is 13.6. The Hall–Kier alpha value is -2.63. The Morgan fingerprint density at radius 1 is 1.26 bits per heavy atom. The molecule has 2 rings (SSSR count). The van der Waals surface area contributed by atoms with Crippen molar-refractivity contribution in [3.8, 4) is 5.75 Å². The van der Waals surface area contributed by atoms with E-state index < -0.39 is 0 Å². The van der Waals surface area contributed by atoms with Crippen LogP contribution < -0.4 is 15.4 Å². The van der Waals surface area contributed by atoms with Crippen molar-refractivity contribution in [1.29, 1.82) is 0 Å². The Bertz CT molecular complexity index is 688. The maximum Gasteiger partial charge on any atom is 0.191 e. The number of aromatic nitrogens is 1. The quantitative estimate of drug-likeness (QED) is 0.657. The first-order valence-corrected chi connectivity index (χ1v) is 7.31. The number of pyridine rings is 1. The van der Waals surface area contributed by atoms with E-state index in [4.69, 9.17) is 4.74 Å². The monoisotopic (exact) mass is 316 g/mol. The lowest BCUT2D eigenvalue weighted by Gasteiger charge is -2.14. The Labute approximate surface area is 135 Å². The van der Waals surface area contributed by atoms with Gasteiger partial charge in [0.25, 0.3) is 0 Å². The number of hydrogen-bond acceptors (Lipinski definition) is 3. The minimum Gasteiger partial charge on any atom is -0.496 e. The highest BCUT2D eigenvalue weighted by Crippen LogP contribution is 2.19. The fraction of sp³-hybridized carbons (Fsp3) is 0.294. The van der Waals surface area contributed by atoms with Crippen LogP contribution in [0.2, 0.25) is 0 Å². The Morgan fingerprint density at radius 3 is 2.74 bits per heavy atom.